The summed E-state index contributed by atoms with van der Waals surface area (Å²) in [4.78, 5) is 28.9. The lowest BCUT2D eigenvalue weighted by Crippen LogP contribution is -2.38. The van der Waals surface area contributed by atoms with Crippen LogP contribution in [0.3, 0.4) is 0 Å². The van der Waals surface area contributed by atoms with Crippen molar-refractivity contribution in [3.8, 4) is 16.9 Å². The number of benzene rings is 3. The molecule has 226 valence electrons. The van der Waals surface area contributed by atoms with Gasteiger partial charge in [-0.3, -0.25) is 19.7 Å². The predicted octanol–water partition coefficient (Wildman–Crippen LogP) is 4.67. The molecule has 1 amide bonds. The van der Waals surface area contributed by atoms with Gasteiger partial charge in [-0.2, -0.15) is 5.10 Å². The first-order valence-electron chi connectivity index (χ1n) is 14.2. The number of nitrogen functional groups attached to an aromatic ring is 1. The first-order chi connectivity index (χ1) is 21.4. The number of nitrogens with zero attached hydrogens (tertiary/aromatic N) is 3. The van der Waals surface area contributed by atoms with E-state index in [9.17, 15) is 9.59 Å². The van der Waals surface area contributed by atoms with Gasteiger partial charge in [0.05, 0.1) is 29.2 Å². The lowest BCUT2D eigenvalue weighted by atomic mass is 10.0. The molecule has 2 aliphatic rings. The second kappa shape index (κ2) is 13.2. The van der Waals surface area contributed by atoms with Crippen LogP contribution in [0.2, 0.25) is 0 Å². The van der Waals surface area contributed by atoms with Crippen molar-refractivity contribution in [1.29, 1.82) is 0 Å². The molecule has 44 heavy (non-hydrogen) atoms. The average Bonchev–Trinajstić information content (AvgIpc) is 3.54. The Labute approximate surface area is 263 Å². The van der Waals surface area contributed by atoms with E-state index >= 15 is 0 Å². The Kier molecular flexibility index (Phi) is 8.94. The van der Waals surface area contributed by atoms with Crippen LogP contribution in [0.25, 0.3) is 28.1 Å². The van der Waals surface area contributed by atoms with Gasteiger partial charge in [-0.05, 0) is 65.6 Å². The number of nitrogens with two attached hydrogens (primary N) is 1. The van der Waals surface area contributed by atoms with Crippen molar-refractivity contribution in [3.05, 3.63) is 82.3 Å². The molecule has 10 nitrogen and oxygen atoms in total. The number of rotatable bonds is 10. The molecule has 12 heteroatoms. The molecule has 1 aromatic heterocycles. The Morgan fingerprint density at radius 2 is 1.91 bits per heavy atom. The number of nitrogens with one attached hydrogen (secondary N) is 1. The predicted molar refractivity (Wildman–Crippen MR) is 176 cm³/mol. The lowest BCUT2D eigenvalue weighted by molar-refractivity contribution is -0.122. The highest BCUT2D eigenvalue weighted by Crippen LogP contribution is 2.37. The van der Waals surface area contributed by atoms with Crippen molar-refractivity contribution < 1.29 is 24.2 Å². The molecule has 3 aromatic carbocycles. The van der Waals surface area contributed by atoms with Crippen LogP contribution in [0, 0.1) is 0 Å². The van der Waals surface area contributed by atoms with Gasteiger partial charge in [0.2, 0.25) is 0 Å². The maximum absolute atomic E-state index is 13.4. The monoisotopic (exact) mass is 629 g/mol. The van der Waals surface area contributed by atoms with Gasteiger partial charge in [-0.15, -0.1) is 0 Å². The van der Waals surface area contributed by atoms with Crippen molar-refractivity contribution in [1.82, 2.24) is 20.0 Å². The Morgan fingerprint density at radius 1 is 1.11 bits per heavy atom. The molecule has 0 bridgehead atoms. The molecule has 2 saturated heterocycles. The van der Waals surface area contributed by atoms with E-state index in [1.807, 2.05) is 42.5 Å². The van der Waals surface area contributed by atoms with Gasteiger partial charge in [0.1, 0.15) is 16.7 Å². The summed E-state index contributed by atoms with van der Waals surface area (Å²) in [6.45, 7) is 4.99. The summed E-state index contributed by atoms with van der Waals surface area (Å²) in [5, 5.41) is 17.1. The third kappa shape index (κ3) is 6.63. The zero-order valence-electron chi connectivity index (χ0n) is 23.8. The number of hydrogen-bond acceptors (Lipinski definition) is 9. The Morgan fingerprint density at radius 3 is 2.68 bits per heavy atom. The summed E-state index contributed by atoms with van der Waals surface area (Å²) in [6, 6.07) is 18.5. The number of aromatic amines is 1. The topological polar surface area (TPSA) is 134 Å². The number of hydrogen-bond donors (Lipinski definition) is 3. The molecular formula is C32H31N5O5S2. The Hall–Kier alpha value is -4.23. The molecule has 0 unspecified atom stereocenters. The molecule has 2 aliphatic heterocycles. The molecular weight excluding hydrogens is 599 g/mol. The van der Waals surface area contributed by atoms with Crippen LogP contribution in [0.5, 0.6) is 5.75 Å². The van der Waals surface area contributed by atoms with E-state index in [1.165, 1.54) is 11.8 Å². The number of H-pyrrole nitrogens is 1. The molecule has 3 heterocycles. The Bertz CT molecular complexity index is 1750. The van der Waals surface area contributed by atoms with Crippen LogP contribution in [0.15, 0.2) is 65.6 Å². The molecule has 4 aromatic rings. The van der Waals surface area contributed by atoms with Crippen LogP contribution in [0.1, 0.15) is 21.5 Å². The molecule has 6 rings (SSSR count). The number of anilines is 1. The summed E-state index contributed by atoms with van der Waals surface area (Å²) >= 11 is 6.83. The number of thioether (sulfide) groups is 1. The standard InChI is InChI=1S/C32H31N5O5S2/c33-29-24-7-6-23(19-26(24)34-35-29)25-17-21(3-8-27(25)42-16-13-36-11-14-41-15-12-36)18-28-30(38)37(32(43)44-28)10-9-20-1-4-22(5-2-20)31(39)40/h1-8,17-19H,9-16H2,(H,39,40)(H3,33,34,35). The minimum absolute atomic E-state index is 0.149. The first kappa shape index (κ1) is 29.8. The van der Waals surface area contributed by atoms with Gasteiger partial charge in [0.25, 0.3) is 5.91 Å². The number of carbonyl (C=O) groups is 2. The van der Waals surface area contributed by atoms with Gasteiger partial charge in [-0.25, -0.2) is 4.79 Å². The SMILES string of the molecule is Nc1n[nH]c2cc(-c3cc(C=C4SC(=S)N(CCc5ccc(C(=O)O)cc5)C4=O)ccc3OCCN3CCOCC3)ccc12. The quantitative estimate of drug-likeness (QED) is 0.168. The van der Waals surface area contributed by atoms with E-state index < -0.39 is 5.97 Å². The van der Waals surface area contributed by atoms with Crippen molar-refractivity contribution in [2.24, 2.45) is 0 Å². The Balaban J connectivity index is 1.21. The van der Waals surface area contributed by atoms with Gasteiger partial charge >= 0.3 is 5.97 Å². The molecule has 0 saturated carbocycles. The maximum atomic E-state index is 13.4. The van der Waals surface area contributed by atoms with Crippen LogP contribution in [0.4, 0.5) is 5.82 Å². The van der Waals surface area contributed by atoms with E-state index in [4.69, 9.17) is 32.5 Å². The van der Waals surface area contributed by atoms with Gasteiger partial charge in [0, 0.05) is 37.1 Å². The fraction of sp³-hybridized carbons (Fsp3) is 0.250. The largest absolute Gasteiger partial charge is 0.492 e. The van der Waals surface area contributed by atoms with Crippen molar-refractivity contribution >= 4 is 63.0 Å². The average molecular weight is 630 g/mol. The van der Waals surface area contributed by atoms with Gasteiger partial charge in [0.15, 0.2) is 5.82 Å². The number of thiocarbonyl (C=S) groups is 1. The van der Waals surface area contributed by atoms with E-state index in [0.717, 1.165) is 71.8 Å². The van der Waals surface area contributed by atoms with Crippen LogP contribution < -0.4 is 10.5 Å². The highest BCUT2D eigenvalue weighted by molar-refractivity contribution is 8.26. The molecule has 2 fully saturated rings. The highest BCUT2D eigenvalue weighted by Gasteiger charge is 2.31. The van der Waals surface area contributed by atoms with Gasteiger partial charge < -0.3 is 20.3 Å². The second-order valence-corrected chi connectivity index (χ2v) is 12.2. The summed E-state index contributed by atoms with van der Waals surface area (Å²) < 4.78 is 12.2. The molecule has 0 aliphatic carbocycles. The molecule has 0 atom stereocenters. The smallest absolute Gasteiger partial charge is 0.335 e. The molecule has 0 radical (unpaired) electrons. The van der Waals surface area contributed by atoms with Crippen LogP contribution in [-0.4, -0.2) is 87.3 Å². The second-order valence-electron chi connectivity index (χ2n) is 10.5. The van der Waals surface area contributed by atoms with Crippen LogP contribution in [-0.2, 0) is 16.0 Å². The third-order valence-corrected chi connectivity index (χ3v) is 9.05. The van der Waals surface area contributed by atoms with E-state index in [1.54, 1.807) is 29.2 Å². The minimum atomic E-state index is -0.971. The normalized spacial score (nSPS) is 16.7. The number of aromatic carboxylic acids is 1. The number of ether oxygens (including phenoxy) is 2. The first-order valence-corrected chi connectivity index (χ1v) is 15.5. The number of carboxylic acid groups (broad SMARTS) is 1. The fourth-order valence-corrected chi connectivity index (χ4v) is 6.51. The fourth-order valence-electron chi connectivity index (χ4n) is 5.21. The summed E-state index contributed by atoms with van der Waals surface area (Å²) in [5.41, 5.74) is 10.6. The van der Waals surface area contributed by atoms with Crippen LogP contribution >= 0.6 is 24.0 Å². The maximum Gasteiger partial charge on any atom is 0.335 e. The van der Waals surface area contributed by atoms with Crippen molar-refractivity contribution in [2.45, 2.75) is 6.42 Å². The molecule has 4 N–H and O–H groups in total. The third-order valence-electron chi connectivity index (χ3n) is 7.67. The number of carboxylic acids is 1. The lowest BCUT2D eigenvalue weighted by Gasteiger charge is -2.26. The van der Waals surface area contributed by atoms with Crippen molar-refractivity contribution in [2.75, 3.05) is 51.7 Å². The molecule has 0 spiro atoms. The summed E-state index contributed by atoms with van der Waals surface area (Å²) in [5.74, 6) is 0.0649. The van der Waals surface area contributed by atoms with E-state index in [-0.39, 0.29) is 11.5 Å². The van der Waals surface area contributed by atoms with Gasteiger partial charge in [-0.1, -0.05) is 48.2 Å². The number of fused-ring (bicyclic) bond motifs is 1. The number of aromatic nitrogens is 2. The van der Waals surface area contributed by atoms with E-state index in [2.05, 4.69) is 15.1 Å². The highest BCUT2D eigenvalue weighted by atomic mass is 32.2. The summed E-state index contributed by atoms with van der Waals surface area (Å²) in [6.07, 6.45) is 2.41. The zero-order chi connectivity index (χ0) is 30.6. The summed E-state index contributed by atoms with van der Waals surface area (Å²) in [7, 11) is 0. The van der Waals surface area contributed by atoms with E-state index in [0.29, 0.717) is 34.6 Å². The zero-order valence-corrected chi connectivity index (χ0v) is 25.5. The van der Waals surface area contributed by atoms with Crippen molar-refractivity contribution in [3.63, 3.8) is 0 Å². The minimum Gasteiger partial charge on any atom is -0.492 e. The number of amides is 1. The number of morpholine rings is 1. The number of carbonyl (C=O) groups excluding carboxylic acids is 1.